The van der Waals surface area contributed by atoms with E-state index in [-0.39, 0.29) is 22.3 Å². The second-order valence-electron chi connectivity index (χ2n) is 4.64. The maximum absolute atomic E-state index is 14.1. The van der Waals surface area contributed by atoms with Crippen molar-refractivity contribution in [2.75, 3.05) is 0 Å². The van der Waals surface area contributed by atoms with Gasteiger partial charge in [-0.15, -0.1) is 0 Å². The van der Waals surface area contributed by atoms with Crippen LogP contribution in [0.2, 0.25) is 5.15 Å². The number of rotatable bonds is 2. The molecule has 0 aliphatic carbocycles. The van der Waals surface area contributed by atoms with E-state index in [0.29, 0.717) is 11.4 Å². The highest BCUT2D eigenvalue weighted by atomic mass is 35.5. The van der Waals surface area contributed by atoms with Gasteiger partial charge in [-0.2, -0.15) is 0 Å². The molecule has 0 aliphatic rings. The number of hydrogen-bond donors (Lipinski definition) is 0. The molecule has 0 saturated heterocycles. The van der Waals surface area contributed by atoms with Crippen LogP contribution in [0, 0.1) is 18.6 Å². The van der Waals surface area contributed by atoms with E-state index in [1.54, 1.807) is 6.92 Å². The predicted octanol–water partition coefficient (Wildman–Crippen LogP) is 4.51. The SMILES string of the molecule is Cc1ccc(F)c(-c2cc(Cl)nc(C(C)C)n2)c1F. The molecule has 1 aromatic carbocycles. The minimum Gasteiger partial charge on any atom is -0.232 e. The molecule has 0 spiro atoms. The molecule has 2 rings (SSSR count). The molecule has 1 heterocycles. The van der Waals surface area contributed by atoms with Crippen LogP contribution >= 0.6 is 11.6 Å². The number of benzene rings is 1. The molecule has 1 aromatic heterocycles. The number of nitrogens with zero attached hydrogens (tertiary/aromatic N) is 2. The Hall–Kier alpha value is -1.55. The molecule has 0 radical (unpaired) electrons. The summed E-state index contributed by atoms with van der Waals surface area (Å²) in [7, 11) is 0. The lowest BCUT2D eigenvalue weighted by atomic mass is 10.1. The van der Waals surface area contributed by atoms with Crippen molar-refractivity contribution in [3.63, 3.8) is 0 Å². The summed E-state index contributed by atoms with van der Waals surface area (Å²) in [6.45, 7) is 5.35. The minimum atomic E-state index is -0.660. The number of aromatic nitrogens is 2. The first-order valence-corrected chi connectivity index (χ1v) is 6.27. The first kappa shape index (κ1) is 13.9. The summed E-state index contributed by atoms with van der Waals surface area (Å²) in [6, 6.07) is 3.98. The Morgan fingerprint density at radius 1 is 1.16 bits per heavy atom. The molecule has 2 nitrogen and oxygen atoms in total. The van der Waals surface area contributed by atoms with E-state index < -0.39 is 11.6 Å². The Kier molecular flexibility index (Phi) is 3.80. The zero-order chi connectivity index (χ0) is 14.2. The fourth-order valence-corrected chi connectivity index (χ4v) is 1.90. The van der Waals surface area contributed by atoms with Crippen molar-refractivity contribution in [1.29, 1.82) is 0 Å². The highest BCUT2D eigenvalue weighted by molar-refractivity contribution is 6.29. The Bertz CT molecular complexity index is 627. The highest BCUT2D eigenvalue weighted by Crippen LogP contribution is 2.28. The summed E-state index contributed by atoms with van der Waals surface area (Å²) in [4.78, 5) is 8.24. The van der Waals surface area contributed by atoms with Gasteiger partial charge in [-0.05, 0) is 18.6 Å². The van der Waals surface area contributed by atoms with Crippen molar-refractivity contribution < 1.29 is 8.78 Å². The average molecular weight is 283 g/mol. The van der Waals surface area contributed by atoms with Gasteiger partial charge in [0.1, 0.15) is 22.6 Å². The Labute approximate surface area is 115 Å². The maximum atomic E-state index is 14.1. The number of hydrogen-bond acceptors (Lipinski definition) is 2. The summed E-state index contributed by atoms with van der Waals surface area (Å²) in [6.07, 6.45) is 0. The van der Waals surface area contributed by atoms with Crippen LogP contribution in [0.4, 0.5) is 8.78 Å². The number of halogens is 3. The van der Waals surface area contributed by atoms with E-state index >= 15 is 0 Å². The third kappa shape index (κ3) is 2.73. The molecule has 0 unspecified atom stereocenters. The zero-order valence-corrected chi connectivity index (χ0v) is 11.6. The van der Waals surface area contributed by atoms with Gasteiger partial charge in [0.2, 0.25) is 0 Å². The Morgan fingerprint density at radius 2 is 1.84 bits per heavy atom. The van der Waals surface area contributed by atoms with Crippen molar-refractivity contribution >= 4 is 11.6 Å². The molecule has 0 bridgehead atoms. The summed E-state index contributed by atoms with van der Waals surface area (Å²) < 4.78 is 27.9. The van der Waals surface area contributed by atoms with Crippen LogP contribution in [0.1, 0.15) is 31.2 Å². The summed E-state index contributed by atoms with van der Waals surface area (Å²) in [5, 5.41) is 0.175. The summed E-state index contributed by atoms with van der Waals surface area (Å²) >= 11 is 5.89. The highest BCUT2D eigenvalue weighted by Gasteiger charge is 2.17. The fraction of sp³-hybridized carbons (Fsp3) is 0.286. The van der Waals surface area contributed by atoms with E-state index in [0.717, 1.165) is 0 Å². The van der Waals surface area contributed by atoms with Gasteiger partial charge < -0.3 is 0 Å². The van der Waals surface area contributed by atoms with E-state index in [1.165, 1.54) is 18.2 Å². The van der Waals surface area contributed by atoms with Crippen LogP contribution in [-0.2, 0) is 0 Å². The average Bonchev–Trinajstić information content (AvgIpc) is 2.34. The number of aryl methyl sites for hydroxylation is 1. The molecule has 0 N–H and O–H groups in total. The molecule has 0 amide bonds. The van der Waals surface area contributed by atoms with Crippen LogP contribution in [0.15, 0.2) is 18.2 Å². The third-order valence-electron chi connectivity index (χ3n) is 2.77. The Balaban J connectivity index is 2.69. The molecule has 100 valence electrons. The van der Waals surface area contributed by atoms with Gasteiger partial charge in [0, 0.05) is 12.0 Å². The van der Waals surface area contributed by atoms with E-state index in [2.05, 4.69) is 9.97 Å². The van der Waals surface area contributed by atoms with Gasteiger partial charge in [-0.1, -0.05) is 31.5 Å². The molecule has 2 aromatic rings. The summed E-state index contributed by atoms with van der Waals surface area (Å²) in [5.41, 5.74) is 0.367. The molecular formula is C14H13ClF2N2. The topological polar surface area (TPSA) is 25.8 Å². The van der Waals surface area contributed by atoms with Crippen LogP contribution in [-0.4, -0.2) is 9.97 Å². The first-order chi connectivity index (χ1) is 8.90. The van der Waals surface area contributed by atoms with Gasteiger partial charge in [-0.25, -0.2) is 18.7 Å². The molecule has 5 heteroatoms. The van der Waals surface area contributed by atoms with Crippen LogP contribution in [0.3, 0.4) is 0 Å². The van der Waals surface area contributed by atoms with Crippen molar-refractivity contribution in [3.05, 3.63) is 46.4 Å². The van der Waals surface area contributed by atoms with Gasteiger partial charge in [0.15, 0.2) is 0 Å². The normalized spacial score (nSPS) is 11.1. The van der Waals surface area contributed by atoms with E-state index in [1.807, 2.05) is 13.8 Å². The second kappa shape index (κ2) is 5.21. The molecule has 0 aliphatic heterocycles. The van der Waals surface area contributed by atoms with Crippen molar-refractivity contribution in [1.82, 2.24) is 9.97 Å². The van der Waals surface area contributed by atoms with Crippen molar-refractivity contribution in [3.8, 4) is 11.3 Å². The van der Waals surface area contributed by atoms with E-state index in [9.17, 15) is 8.78 Å². The molecule has 0 saturated carbocycles. The molecule has 19 heavy (non-hydrogen) atoms. The first-order valence-electron chi connectivity index (χ1n) is 5.89. The predicted molar refractivity (Wildman–Crippen MR) is 71.2 cm³/mol. The van der Waals surface area contributed by atoms with Crippen molar-refractivity contribution in [2.24, 2.45) is 0 Å². The molecule has 0 atom stereocenters. The Morgan fingerprint density at radius 3 is 2.47 bits per heavy atom. The third-order valence-corrected chi connectivity index (χ3v) is 2.96. The standard InChI is InChI=1S/C14H13ClF2N2/c1-7(2)14-18-10(6-11(15)19-14)12-9(16)5-4-8(3)13(12)17/h4-7H,1-3H3. The van der Waals surface area contributed by atoms with Crippen LogP contribution in [0.5, 0.6) is 0 Å². The van der Waals surface area contributed by atoms with Crippen LogP contribution < -0.4 is 0 Å². The smallest absolute Gasteiger partial charge is 0.138 e. The lowest BCUT2D eigenvalue weighted by Crippen LogP contribution is -2.02. The van der Waals surface area contributed by atoms with E-state index in [4.69, 9.17) is 11.6 Å². The molecule has 0 fully saturated rings. The maximum Gasteiger partial charge on any atom is 0.138 e. The second-order valence-corrected chi connectivity index (χ2v) is 5.03. The summed E-state index contributed by atoms with van der Waals surface area (Å²) in [5.74, 6) is -0.798. The largest absolute Gasteiger partial charge is 0.232 e. The van der Waals surface area contributed by atoms with Gasteiger partial charge in [0.05, 0.1) is 11.3 Å². The lowest BCUT2D eigenvalue weighted by Gasteiger charge is -2.10. The molecular weight excluding hydrogens is 270 g/mol. The van der Waals surface area contributed by atoms with Gasteiger partial charge >= 0.3 is 0 Å². The lowest BCUT2D eigenvalue weighted by molar-refractivity contribution is 0.582. The quantitative estimate of drug-likeness (QED) is 0.758. The zero-order valence-electron chi connectivity index (χ0n) is 10.8. The fourth-order valence-electron chi connectivity index (χ4n) is 1.71. The van der Waals surface area contributed by atoms with Crippen molar-refractivity contribution in [2.45, 2.75) is 26.7 Å². The van der Waals surface area contributed by atoms with Gasteiger partial charge in [0.25, 0.3) is 0 Å². The van der Waals surface area contributed by atoms with Gasteiger partial charge in [-0.3, -0.25) is 0 Å². The minimum absolute atomic E-state index is 0.0216. The monoisotopic (exact) mass is 282 g/mol. The van der Waals surface area contributed by atoms with Crippen LogP contribution in [0.25, 0.3) is 11.3 Å².